The predicted octanol–water partition coefficient (Wildman–Crippen LogP) is 1.49. The number of nitrogen functional groups attached to an aromatic ring is 1. The number of anilines is 1. The Morgan fingerprint density at radius 1 is 1.58 bits per heavy atom. The SMILES string of the molecule is CC(C)(C)C(=O)c1cc(N)no1. The smallest absolute Gasteiger partial charge is 0.206 e. The zero-order valence-electron chi connectivity index (χ0n) is 7.42. The Hall–Kier alpha value is -1.32. The normalized spacial score (nSPS) is 11.6. The zero-order chi connectivity index (χ0) is 9.35. The highest BCUT2D eigenvalue weighted by atomic mass is 16.5. The second kappa shape index (κ2) is 2.62. The van der Waals surface area contributed by atoms with Crippen LogP contribution in [0.25, 0.3) is 0 Å². The van der Waals surface area contributed by atoms with Gasteiger partial charge in [-0.3, -0.25) is 4.79 Å². The molecule has 4 nitrogen and oxygen atoms in total. The van der Waals surface area contributed by atoms with Gasteiger partial charge in [-0.25, -0.2) is 0 Å². The van der Waals surface area contributed by atoms with E-state index in [0.717, 1.165) is 0 Å². The van der Waals surface area contributed by atoms with Gasteiger partial charge in [0.2, 0.25) is 11.5 Å². The summed E-state index contributed by atoms with van der Waals surface area (Å²) < 4.78 is 4.73. The van der Waals surface area contributed by atoms with Crippen molar-refractivity contribution in [1.82, 2.24) is 5.16 Å². The number of hydrogen-bond donors (Lipinski definition) is 1. The molecule has 4 heteroatoms. The van der Waals surface area contributed by atoms with E-state index in [2.05, 4.69) is 5.16 Å². The molecule has 66 valence electrons. The second-order valence-electron chi connectivity index (χ2n) is 3.70. The van der Waals surface area contributed by atoms with Crippen molar-refractivity contribution in [3.63, 3.8) is 0 Å². The van der Waals surface area contributed by atoms with E-state index in [1.807, 2.05) is 20.8 Å². The van der Waals surface area contributed by atoms with Gasteiger partial charge in [-0.1, -0.05) is 25.9 Å². The summed E-state index contributed by atoms with van der Waals surface area (Å²) in [5.74, 6) is 0.370. The van der Waals surface area contributed by atoms with E-state index >= 15 is 0 Å². The van der Waals surface area contributed by atoms with Gasteiger partial charge in [-0.15, -0.1) is 0 Å². The fourth-order valence-electron chi connectivity index (χ4n) is 0.766. The fraction of sp³-hybridized carbons (Fsp3) is 0.500. The van der Waals surface area contributed by atoms with Crippen molar-refractivity contribution in [3.8, 4) is 0 Å². The highest BCUT2D eigenvalue weighted by molar-refractivity contribution is 5.97. The molecule has 0 radical (unpaired) electrons. The lowest BCUT2D eigenvalue weighted by molar-refractivity contribution is 0.0819. The van der Waals surface area contributed by atoms with Crippen molar-refractivity contribution in [3.05, 3.63) is 11.8 Å². The number of carbonyl (C=O) groups excluding carboxylic acids is 1. The fourth-order valence-corrected chi connectivity index (χ4v) is 0.766. The van der Waals surface area contributed by atoms with Crippen molar-refractivity contribution in [1.29, 1.82) is 0 Å². The topological polar surface area (TPSA) is 69.1 Å². The molecule has 12 heavy (non-hydrogen) atoms. The molecule has 0 aromatic carbocycles. The molecule has 0 atom stereocenters. The van der Waals surface area contributed by atoms with Gasteiger partial charge in [0.05, 0.1) is 0 Å². The summed E-state index contributed by atoms with van der Waals surface area (Å²) in [5.41, 5.74) is 4.85. The van der Waals surface area contributed by atoms with Crippen LogP contribution in [0.2, 0.25) is 0 Å². The van der Waals surface area contributed by atoms with Gasteiger partial charge in [0, 0.05) is 11.5 Å². The number of aromatic nitrogens is 1. The van der Waals surface area contributed by atoms with Crippen LogP contribution < -0.4 is 5.73 Å². The number of hydrogen-bond acceptors (Lipinski definition) is 4. The van der Waals surface area contributed by atoms with Crippen LogP contribution in [0, 0.1) is 5.41 Å². The van der Waals surface area contributed by atoms with Gasteiger partial charge in [0.15, 0.2) is 5.82 Å². The predicted molar refractivity (Wildman–Crippen MR) is 44.7 cm³/mol. The van der Waals surface area contributed by atoms with E-state index in [0.29, 0.717) is 0 Å². The third kappa shape index (κ3) is 1.64. The summed E-state index contributed by atoms with van der Waals surface area (Å²) in [6, 6.07) is 1.44. The molecule has 0 saturated carbocycles. The van der Waals surface area contributed by atoms with Crippen LogP contribution >= 0.6 is 0 Å². The first-order valence-electron chi connectivity index (χ1n) is 3.68. The summed E-state index contributed by atoms with van der Waals surface area (Å²) in [4.78, 5) is 11.5. The number of Topliss-reactive ketones (excluding diaryl/α,β-unsaturated/α-hetero) is 1. The first-order chi connectivity index (χ1) is 5.41. The molecule has 0 unspecified atom stereocenters. The number of carbonyl (C=O) groups is 1. The Balaban J connectivity index is 2.93. The van der Waals surface area contributed by atoms with Gasteiger partial charge in [-0.05, 0) is 0 Å². The maximum Gasteiger partial charge on any atom is 0.206 e. The minimum Gasteiger partial charge on any atom is -0.381 e. The highest BCUT2D eigenvalue weighted by Gasteiger charge is 2.26. The molecule has 0 aliphatic carbocycles. The molecule has 1 heterocycles. The quantitative estimate of drug-likeness (QED) is 0.645. The Morgan fingerprint density at radius 3 is 2.50 bits per heavy atom. The van der Waals surface area contributed by atoms with Gasteiger partial charge in [0.1, 0.15) is 0 Å². The number of nitrogens with two attached hydrogens (primary N) is 1. The molecule has 2 N–H and O–H groups in total. The minimum absolute atomic E-state index is 0.0910. The molecule has 0 saturated heterocycles. The molecule has 1 aromatic rings. The summed E-state index contributed by atoms with van der Waals surface area (Å²) in [6.45, 7) is 5.44. The van der Waals surface area contributed by atoms with Crippen molar-refractivity contribution in [2.45, 2.75) is 20.8 Å². The highest BCUT2D eigenvalue weighted by Crippen LogP contribution is 2.21. The summed E-state index contributed by atoms with van der Waals surface area (Å²) in [5, 5.41) is 3.43. The molecule has 0 aliphatic rings. The first-order valence-corrected chi connectivity index (χ1v) is 3.68. The molecular weight excluding hydrogens is 156 g/mol. The molecule has 0 fully saturated rings. The van der Waals surface area contributed by atoms with Crippen LogP contribution in [0.4, 0.5) is 5.82 Å². The third-order valence-electron chi connectivity index (χ3n) is 1.43. The van der Waals surface area contributed by atoms with E-state index < -0.39 is 5.41 Å². The molecule has 1 aromatic heterocycles. The molecule has 0 bridgehead atoms. The van der Waals surface area contributed by atoms with Crippen LogP contribution in [0.15, 0.2) is 10.6 Å². The van der Waals surface area contributed by atoms with E-state index in [1.165, 1.54) is 6.07 Å². The monoisotopic (exact) mass is 168 g/mol. The largest absolute Gasteiger partial charge is 0.381 e. The molecule has 0 amide bonds. The molecule has 1 rings (SSSR count). The Morgan fingerprint density at radius 2 is 2.17 bits per heavy atom. The van der Waals surface area contributed by atoms with Crippen molar-refractivity contribution in [2.75, 3.05) is 5.73 Å². The zero-order valence-corrected chi connectivity index (χ0v) is 7.42. The first kappa shape index (κ1) is 8.77. The van der Waals surface area contributed by atoms with Crippen LogP contribution in [-0.2, 0) is 0 Å². The Labute approximate surface area is 70.7 Å². The van der Waals surface area contributed by atoms with Crippen LogP contribution in [0.3, 0.4) is 0 Å². The van der Waals surface area contributed by atoms with E-state index in [1.54, 1.807) is 0 Å². The lowest BCUT2D eigenvalue weighted by Gasteiger charge is -2.12. The maximum absolute atomic E-state index is 11.5. The minimum atomic E-state index is -0.452. The van der Waals surface area contributed by atoms with Crippen LogP contribution in [-0.4, -0.2) is 10.9 Å². The third-order valence-corrected chi connectivity index (χ3v) is 1.43. The maximum atomic E-state index is 11.5. The summed E-state index contributed by atoms with van der Waals surface area (Å²) >= 11 is 0. The number of rotatable bonds is 1. The lowest BCUT2D eigenvalue weighted by atomic mass is 9.89. The van der Waals surface area contributed by atoms with Gasteiger partial charge in [0.25, 0.3) is 0 Å². The Bertz CT molecular complexity index is 296. The van der Waals surface area contributed by atoms with E-state index in [-0.39, 0.29) is 17.4 Å². The van der Waals surface area contributed by atoms with Crippen molar-refractivity contribution in [2.24, 2.45) is 5.41 Å². The molecule has 0 aliphatic heterocycles. The van der Waals surface area contributed by atoms with Crippen LogP contribution in [0.1, 0.15) is 31.3 Å². The molecular formula is C8H12N2O2. The summed E-state index contributed by atoms with van der Waals surface area (Å²) in [6.07, 6.45) is 0. The average molecular weight is 168 g/mol. The van der Waals surface area contributed by atoms with Gasteiger partial charge >= 0.3 is 0 Å². The van der Waals surface area contributed by atoms with Crippen LogP contribution in [0.5, 0.6) is 0 Å². The Kier molecular flexibility index (Phi) is 1.92. The standard InChI is InChI=1S/C8H12N2O2/c1-8(2,3)7(11)5-4-6(9)10-12-5/h4H,1-3H3,(H2,9,10). The van der Waals surface area contributed by atoms with Crippen molar-refractivity contribution >= 4 is 11.6 Å². The lowest BCUT2D eigenvalue weighted by Crippen LogP contribution is -2.19. The van der Waals surface area contributed by atoms with E-state index in [4.69, 9.17) is 10.3 Å². The number of ketones is 1. The number of nitrogens with zero attached hydrogens (tertiary/aromatic N) is 1. The summed E-state index contributed by atoms with van der Waals surface area (Å²) in [7, 11) is 0. The average Bonchev–Trinajstić information content (AvgIpc) is 2.32. The van der Waals surface area contributed by atoms with Gasteiger partial charge < -0.3 is 10.3 Å². The van der Waals surface area contributed by atoms with E-state index in [9.17, 15) is 4.79 Å². The van der Waals surface area contributed by atoms with Crippen molar-refractivity contribution < 1.29 is 9.32 Å². The molecule has 0 spiro atoms. The van der Waals surface area contributed by atoms with Gasteiger partial charge in [-0.2, -0.15) is 0 Å². The second-order valence-corrected chi connectivity index (χ2v) is 3.70.